The molecule has 17 heavy (non-hydrogen) atoms. The van der Waals surface area contributed by atoms with Gasteiger partial charge < -0.3 is 11.1 Å². The predicted molar refractivity (Wildman–Crippen MR) is 74.8 cm³/mol. The third-order valence-corrected chi connectivity index (χ3v) is 3.30. The van der Waals surface area contributed by atoms with Crippen molar-refractivity contribution in [2.75, 3.05) is 11.9 Å². The van der Waals surface area contributed by atoms with Crippen LogP contribution < -0.4 is 11.1 Å². The van der Waals surface area contributed by atoms with Gasteiger partial charge in [0.1, 0.15) is 0 Å². The van der Waals surface area contributed by atoms with E-state index in [0.29, 0.717) is 18.2 Å². The number of nitriles is 1. The van der Waals surface area contributed by atoms with Crippen molar-refractivity contribution in [1.82, 2.24) is 0 Å². The Bertz CT molecular complexity index is 398. The van der Waals surface area contributed by atoms with Crippen molar-refractivity contribution < 1.29 is 0 Å². The van der Waals surface area contributed by atoms with Crippen molar-refractivity contribution in [3.05, 3.63) is 28.2 Å². The van der Waals surface area contributed by atoms with E-state index in [1.807, 2.05) is 12.1 Å². The third kappa shape index (κ3) is 4.37. The lowest BCUT2D eigenvalue weighted by Gasteiger charge is -2.18. The quantitative estimate of drug-likeness (QED) is 0.847. The zero-order chi connectivity index (χ0) is 12.7. The van der Waals surface area contributed by atoms with Crippen LogP contribution in [0.15, 0.2) is 22.7 Å². The fraction of sp³-hybridized carbons (Fsp3) is 0.462. The van der Waals surface area contributed by atoms with Crippen LogP contribution in [0.3, 0.4) is 0 Å². The van der Waals surface area contributed by atoms with Gasteiger partial charge in [0, 0.05) is 22.7 Å². The van der Waals surface area contributed by atoms with E-state index in [9.17, 15) is 0 Å². The Morgan fingerprint density at radius 3 is 2.82 bits per heavy atom. The van der Waals surface area contributed by atoms with E-state index >= 15 is 0 Å². The molecule has 0 radical (unpaired) electrons. The molecule has 0 fully saturated rings. The summed E-state index contributed by atoms with van der Waals surface area (Å²) < 4.78 is 0.909. The molecule has 0 heterocycles. The van der Waals surface area contributed by atoms with Crippen LogP contribution in [0.5, 0.6) is 0 Å². The van der Waals surface area contributed by atoms with Crippen LogP contribution in [-0.2, 0) is 0 Å². The maximum absolute atomic E-state index is 8.79. The first-order valence-electron chi connectivity index (χ1n) is 5.87. The predicted octanol–water partition coefficient (Wildman–Crippen LogP) is 3.25. The number of benzene rings is 1. The number of nitrogens with two attached hydrogens (primary N) is 1. The summed E-state index contributed by atoms with van der Waals surface area (Å²) in [6.45, 7) is 2.79. The molecule has 0 amide bonds. The van der Waals surface area contributed by atoms with E-state index in [4.69, 9.17) is 11.0 Å². The molecule has 4 heteroatoms. The first kappa shape index (κ1) is 14.0. The van der Waals surface area contributed by atoms with Crippen molar-refractivity contribution >= 4 is 21.6 Å². The molecule has 0 aliphatic rings. The molecular formula is C13H18BrN3. The number of nitrogens with one attached hydrogen (secondary N) is 1. The minimum atomic E-state index is 0.291. The van der Waals surface area contributed by atoms with Crippen LogP contribution in [-0.4, -0.2) is 12.6 Å². The fourth-order valence-corrected chi connectivity index (χ4v) is 2.11. The number of hydrogen-bond donors (Lipinski definition) is 2. The molecule has 1 aromatic rings. The summed E-state index contributed by atoms with van der Waals surface area (Å²) >= 11 is 3.46. The lowest BCUT2D eigenvalue weighted by Crippen LogP contribution is -2.28. The third-order valence-electron chi connectivity index (χ3n) is 2.65. The Kier molecular flexibility index (Phi) is 6.03. The molecule has 3 N–H and O–H groups in total. The second-order valence-electron chi connectivity index (χ2n) is 4.03. The van der Waals surface area contributed by atoms with Gasteiger partial charge in [-0.3, -0.25) is 0 Å². The second kappa shape index (κ2) is 7.31. The monoisotopic (exact) mass is 295 g/mol. The highest BCUT2D eigenvalue weighted by atomic mass is 79.9. The minimum Gasteiger partial charge on any atom is -0.380 e. The molecule has 3 nitrogen and oxygen atoms in total. The molecule has 0 spiro atoms. The Labute approximate surface area is 111 Å². The van der Waals surface area contributed by atoms with Crippen LogP contribution in [0.1, 0.15) is 31.7 Å². The normalized spacial score (nSPS) is 11.9. The summed E-state index contributed by atoms with van der Waals surface area (Å²) in [6.07, 6.45) is 3.41. The van der Waals surface area contributed by atoms with Crippen molar-refractivity contribution in [3.8, 4) is 6.07 Å². The zero-order valence-electron chi connectivity index (χ0n) is 10.0. The molecule has 1 rings (SSSR count). The van der Waals surface area contributed by atoms with E-state index in [2.05, 4.69) is 34.2 Å². The van der Waals surface area contributed by atoms with E-state index < -0.39 is 0 Å². The summed E-state index contributed by atoms with van der Waals surface area (Å²) in [5, 5.41) is 12.2. The van der Waals surface area contributed by atoms with Gasteiger partial charge >= 0.3 is 0 Å². The van der Waals surface area contributed by atoms with Gasteiger partial charge in [-0.15, -0.1) is 0 Å². The first-order chi connectivity index (χ1) is 8.21. The summed E-state index contributed by atoms with van der Waals surface area (Å²) in [6, 6.07) is 7.94. The SMILES string of the molecule is CCCCC(CN)Nc1ccc(C#N)cc1Br. The number of nitrogens with zero attached hydrogens (tertiary/aromatic N) is 1. The zero-order valence-corrected chi connectivity index (χ0v) is 11.6. The number of anilines is 1. The minimum absolute atomic E-state index is 0.291. The molecule has 1 aromatic carbocycles. The largest absolute Gasteiger partial charge is 0.380 e. The van der Waals surface area contributed by atoms with Crippen molar-refractivity contribution in [2.45, 2.75) is 32.2 Å². The molecular weight excluding hydrogens is 278 g/mol. The smallest absolute Gasteiger partial charge is 0.0992 e. The molecule has 1 atom stereocenters. The Hall–Kier alpha value is -1.05. The molecule has 92 valence electrons. The Morgan fingerprint density at radius 2 is 2.29 bits per heavy atom. The lowest BCUT2D eigenvalue weighted by atomic mass is 10.1. The lowest BCUT2D eigenvalue weighted by molar-refractivity contribution is 0.614. The van der Waals surface area contributed by atoms with E-state index in [-0.39, 0.29) is 0 Å². The molecule has 0 saturated carbocycles. The van der Waals surface area contributed by atoms with Crippen LogP contribution in [0.2, 0.25) is 0 Å². The van der Waals surface area contributed by atoms with Gasteiger partial charge in [-0.25, -0.2) is 0 Å². The summed E-state index contributed by atoms with van der Waals surface area (Å²) in [4.78, 5) is 0. The highest BCUT2D eigenvalue weighted by Crippen LogP contribution is 2.24. The van der Waals surface area contributed by atoms with Crippen molar-refractivity contribution in [3.63, 3.8) is 0 Å². The highest BCUT2D eigenvalue weighted by molar-refractivity contribution is 9.10. The first-order valence-corrected chi connectivity index (χ1v) is 6.66. The van der Waals surface area contributed by atoms with Crippen LogP contribution >= 0.6 is 15.9 Å². The van der Waals surface area contributed by atoms with E-state index in [1.54, 1.807) is 6.07 Å². The molecule has 0 aliphatic carbocycles. The standard InChI is InChI=1S/C13H18BrN3/c1-2-3-4-11(9-16)17-13-6-5-10(8-15)7-12(13)14/h5-7,11,17H,2-4,9,16H2,1H3. The van der Waals surface area contributed by atoms with Gasteiger partial charge in [0.05, 0.1) is 11.6 Å². The molecule has 0 bridgehead atoms. The van der Waals surface area contributed by atoms with Crippen LogP contribution in [0, 0.1) is 11.3 Å². The van der Waals surface area contributed by atoms with Gasteiger partial charge in [-0.1, -0.05) is 19.8 Å². The van der Waals surface area contributed by atoms with Crippen LogP contribution in [0.4, 0.5) is 5.69 Å². The maximum Gasteiger partial charge on any atom is 0.0992 e. The average molecular weight is 296 g/mol. The highest BCUT2D eigenvalue weighted by Gasteiger charge is 2.08. The number of unbranched alkanes of at least 4 members (excludes halogenated alkanes) is 1. The van der Waals surface area contributed by atoms with Crippen LogP contribution in [0.25, 0.3) is 0 Å². The van der Waals surface area contributed by atoms with E-state index in [0.717, 1.165) is 16.6 Å². The van der Waals surface area contributed by atoms with Gasteiger partial charge in [-0.2, -0.15) is 5.26 Å². The van der Waals surface area contributed by atoms with Crippen molar-refractivity contribution in [2.24, 2.45) is 5.73 Å². The van der Waals surface area contributed by atoms with Gasteiger partial charge in [0.15, 0.2) is 0 Å². The van der Waals surface area contributed by atoms with E-state index in [1.165, 1.54) is 12.8 Å². The fourth-order valence-electron chi connectivity index (χ4n) is 1.62. The topological polar surface area (TPSA) is 61.8 Å². The Balaban J connectivity index is 2.69. The molecule has 0 aromatic heterocycles. The summed E-state index contributed by atoms with van der Waals surface area (Å²) in [7, 11) is 0. The van der Waals surface area contributed by atoms with Gasteiger partial charge in [0.25, 0.3) is 0 Å². The number of hydrogen-bond acceptors (Lipinski definition) is 3. The Morgan fingerprint density at radius 1 is 1.53 bits per heavy atom. The number of halogens is 1. The maximum atomic E-state index is 8.79. The molecule has 0 aliphatic heterocycles. The average Bonchev–Trinajstić information content (AvgIpc) is 2.36. The number of rotatable bonds is 6. The summed E-state index contributed by atoms with van der Waals surface area (Å²) in [5.41, 5.74) is 7.39. The van der Waals surface area contributed by atoms with Crippen molar-refractivity contribution in [1.29, 1.82) is 5.26 Å². The molecule has 0 saturated heterocycles. The van der Waals surface area contributed by atoms with Gasteiger partial charge in [-0.05, 0) is 40.5 Å². The second-order valence-corrected chi connectivity index (χ2v) is 4.88. The van der Waals surface area contributed by atoms with Gasteiger partial charge in [0.2, 0.25) is 0 Å². The molecule has 1 unspecified atom stereocenters. The summed E-state index contributed by atoms with van der Waals surface area (Å²) in [5.74, 6) is 0.